The van der Waals surface area contributed by atoms with E-state index in [9.17, 15) is 29.7 Å². The first-order chi connectivity index (χ1) is 27.6. The highest BCUT2D eigenvalue weighted by Crippen LogP contribution is 2.44. The van der Waals surface area contributed by atoms with Crippen LogP contribution in [0.15, 0.2) is 33.8 Å². The van der Waals surface area contributed by atoms with Crippen molar-refractivity contribution in [3.05, 3.63) is 45.6 Å². The predicted molar refractivity (Wildman–Crippen MR) is 228 cm³/mol. The van der Waals surface area contributed by atoms with Gasteiger partial charge < -0.3 is 40.1 Å². The Labute approximate surface area is 343 Å². The molecule has 0 aliphatic carbocycles. The summed E-state index contributed by atoms with van der Waals surface area (Å²) in [7, 11) is 4.46. The fourth-order valence-corrected chi connectivity index (χ4v) is 7.90. The average molecular weight is 807 g/mol. The SMILES string of the molecule is C#C.CO.COc1c(C)c(O)c2c(O)c3c4c(c2c1C(=O)CCC[C@@H](C)[C@@H](OC(C)=O)[C@H](C)[C@H](O)[C@H](C)C[C@@H](C)/C=C/C=C(/C)C(=O)N3)=NCCCN(C)CCCN=4. The molecule has 2 heterocycles. The number of ether oxygens (including phenoxy) is 2. The second-order valence-electron chi connectivity index (χ2n) is 15.4. The van der Waals surface area contributed by atoms with Gasteiger partial charge in [0.1, 0.15) is 28.6 Å². The van der Waals surface area contributed by atoms with Crippen molar-refractivity contribution in [3.8, 4) is 30.1 Å². The normalized spacial score (nSPS) is 25.7. The number of amides is 1. The second-order valence-corrected chi connectivity index (χ2v) is 15.4. The number of phenolic OH excluding ortho intramolecular Hbond substituents is 2. The first-order valence-corrected chi connectivity index (χ1v) is 20.1. The topological polar surface area (TPSA) is 191 Å². The Morgan fingerprint density at radius 3 is 2.12 bits per heavy atom. The maximum atomic E-state index is 14.5. The third-order valence-electron chi connectivity index (χ3n) is 10.9. The zero-order chi connectivity index (χ0) is 43.9. The third-order valence-corrected chi connectivity index (χ3v) is 10.9. The van der Waals surface area contributed by atoms with Gasteiger partial charge >= 0.3 is 5.97 Å². The number of esters is 1. The van der Waals surface area contributed by atoms with E-state index in [1.54, 1.807) is 26.0 Å². The Morgan fingerprint density at radius 1 is 0.931 bits per heavy atom. The molecule has 320 valence electrons. The molecule has 13 heteroatoms. The number of hydrogen-bond acceptors (Lipinski definition) is 12. The highest BCUT2D eigenvalue weighted by molar-refractivity contribution is 6.16. The number of nitrogens with one attached hydrogen (secondary N) is 1. The quantitative estimate of drug-likeness (QED) is 0.149. The summed E-state index contributed by atoms with van der Waals surface area (Å²) >= 11 is 0. The molecule has 2 aliphatic heterocycles. The number of anilines is 1. The molecule has 0 saturated heterocycles. The molecule has 2 aromatic rings. The van der Waals surface area contributed by atoms with Crippen molar-refractivity contribution in [2.45, 2.75) is 99.2 Å². The summed E-state index contributed by atoms with van der Waals surface area (Å²) < 4.78 is 11.6. The van der Waals surface area contributed by atoms with Crippen LogP contribution in [0.3, 0.4) is 0 Å². The number of phenols is 2. The molecule has 0 radical (unpaired) electrons. The Kier molecular flexibility index (Phi) is 20.1. The van der Waals surface area contributed by atoms with Gasteiger partial charge in [-0.1, -0.05) is 45.9 Å². The zero-order valence-corrected chi connectivity index (χ0v) is 36.1. The van der Waals surface area contributed by atoms with Crippen LogP contribution in [-0.4, -0.2) is 103 Å². The van der Waals surface area contributed by atoms with Crippen LogP contribution in [0.4, 0.5) is 5.69 Å². The minimum absolute atomic E-state index is 0.00614. The summed E-state index contributed by atoms with van der Waals surface area (Å²) in [5.74, 6) is -2.38. The molecule has 0 fully saturated rings. The van der Waals surface area contributed by atoms with E-state index in [0.717, 1.165) is 20.2 Å². The van der Waals surface area contributed by atoms with Crippen molar-refractivity contribution < 1.29 is 44.3 Å². The van der Waals surface area contributed by atoms with E-state index in [4.69, 9.17) is 24.6 Å². The predicted octanol–water partition coefficient (Wildman–Crippen LogP) is 5.43. The zero-order valence-electron chi connectivity index (χ0n) is 36.1. The van der Waals surface area contributed by atoms with Gasteiger partial charge in [-0.25, -0.2) is 0 Å². The lowest BCUT2D eigenvalue weighted by molar-refractivity contribution is -0.156. The molecule has 4 rings (SSSR count). The van der Waals surface area contributed by atoms with Gasteiger partial charge in [0.2, 0.25) is 0 Å². The largest absolute Gasteiger partial charge is 0.507 e. The molecular formula is C45H66N4O9. The fraction of sp³-hybridized carbons (Fsp3) is 0.578. The molecule has 0 unspecified atom stereocenters. The van der Waals surface area contributed by atoms with Gasteiger partial charge in [0.25, 0.3) is 5.91 Å². The molecular weight excluding hydrogens is 741 g/mol. The lowest BCUT2D eigenvalue weighted by Crippen LogP contribution is -2.40. The van der Waals surface area contributed by atoms with E-state index in [2.05, 4.69) is 23.1 Å². The molecule has 0 saturated carbocycles. The summed E-state index contributed by atoms with van der Waals surface area (Å²) in [6.45, 7) is 14.8. The van der Waals surface area contributed by atoms with E-state index in [1.807, 2.05) is 40.8 Å². The standard InChI is InChI=1S/C42H60N4O8.C2H2.CH4O/c1-23-14-10-16-25(3)42(52)45-36-35-34(43-18-12-20-46(8)21-13-19-44-35)32-31(41(53-9)28(6)38(50)33(32)39(36)51)30(48)17-11-15-24(2)40(54-29(7)47)27(5)37(49)26(4)22-23;2*1-2/h10,14,16,23-24,26-27,37,40,49-51H,11-13,15,17-22H2,1-9H3,(H,45,52);1-2H;2H,1H3/b14-10+,25-16-,43-34?,44-35?;;/t23-,24+,26+,27+,37+,40+;;/m0../s1. The smallest absolute Gasteiger partial charge is 0.302 e. The molecule has 2 aromatic carbocycles. The lowest BCUT2D eigenvalue weighted by atomic mass is 9.79. The first-order valence-electron chi connectivity index (χ1n) is 20.1. The molecule has 13 nitrogen and oxygen atoms in total. The van der Waals surface area contributed by atoms with Crippen LogP contribution in [0.5, 0.6) is 17.2 Å². The Hall–Kier alpha value is -4.77. The molecule has 1 amide bonds. The highest BCUT2D eigenvalue weighted by atomic mass is 16.5. The second kappa shape index (κ2) is 23.6. The summed E-state index contributed by atoms with van der Waals surface area (Å²) in [5.41, 5.74) is 0.778. The van der Waals surface area contributed by atoms with E-state index in [0.29, 0.717) is 50.8 Å². The van der Waals surface area contributed by atoms with Crippen LogP contribution < -0.4 is 20.8 Å². The van der Waals surface area contributed by atoms with Crippen molar-refractivity contribution in [2.75, 3.05) is 52.8 Å². The van der Waals surface area contributed by atoms with Crippen molar-refractivity contribution >= 4 is 34.1 Å². The number of allylic oxidation sites excluding steroid dienone is 3. The van der Waals surface area contributed by atoms with Gasteiger partial charge in [-0.05, 0) is 83.8 Å². The minimum atomic E-state index is -0.755. The molecule has 5 N–H and O–H groups in total. The van der Waals surface area contributed by atoms with Gasteiger partial charge in [-0.2, -0.15) is 0 Å². The number of Topliss-reactive ketones (excluding diaryl/α,β-unsaturated/α-hetero) is 1. The van der Waals surface area contributed by atoms with E-state index in [1.165, 1.54) is 14.0 Å². The summed E-state index contributed by atoms with van der Waals surface area (Å²) in [4.78, 5) is 52.6. The number of carbonyl (C=O) groups is 3. The van der Waals surface area contributed by atoms with Gasteiger partial charge in [0.15, 0.2) is 11.5 Å². The van der Waals surface area contributed by atoms with Crippen molar-refractivity contribution in [1.29, 1.82) is 0 Å². The molecule has 2 aliphatic rings. The molecule has 0 aromatic heterocycles. The maximum absolute atomic E-state index is 14.5. The number of aliphatic hydroxyl groups is 2. The number of carbonyl (C=O) groups excluding carboxylic acids is 3. The van der Waals surface area contributed by atoms with Crippen LogP contribution in [0.2, 0.25) is 0 Å². The number of methoxy groups -OCH3 is 1. The van der Waals surface area contributed by atoms with E-state index < -0.39 is 29.8 Å². The van der Waals surface area contributed by atoms with Crippen LogP contribution in [0.1, 0.15) is 96.0 Å². The number of rotatable bonds is 2. The Bertz CT molecular complexity index is 1950. The maximum Gasteiger partial charge on any atom is 0.302 e. The third kappa shape index (κ3) is 12.1. The lowest BCUT2D eigenvalue weighted by Gasteiger charge is -2.35. The molecule has 58 heavy (non-hydrogen) atoms. The summed E-state index contributed by atoms with van der Waals surface area (Å²) in [6, 6.07) is 0. The number of benzene rings is 2. The van der Waals surface area contributed by atoms with Crippen molar-refractivity contribution in [1.82, 2.24) is 4.90 Å². The van der Waals surface area contributed by atoms with Crippen LogP contribution in [-0.2, 0) is 14.3 Å². The van der Waals surface area contributed by atoms with Gasteiger partial charge in [-0.3, -0.25) is 24.4 Å². The molecule has 6 atom stereocenters. The van der Waals surface area contributed by atoms with Crippen molar-refractivity contribution in [2.24, 2.45) is 33.7 Å². The number of nitrogens with zero attached hydrogens (tertiary/aromatic N) is 3. The van der Waals surface area contributed by atoms with Crippen molar-refractivity contribution in [3.63, 3.8) is 0 Å². The van der Waals surface area contributed by atoms with E-state index in [-0.39, 0.29) is 85.7 Å². The fourth-order valence-electron chi connectivity index (χ4n) is 7.90. The monoisotopic (exact) mass is 806 g/mol. The average Bonchev–Trinajstić information content (AvgIpc) is 3.24. The van der Waals surface area contributed by atoms with Gasteiger partial charge in [0, 0.05) is 56.0 Å². The summed E-state index contributed by atoms with van der Waals surface area (Å²) in [5, 5.41) is 45.7. The Balaban J connectivity index is 0.00000281. The van der Waals surface area contributed by atoms with Crippen LogP contribution >= 0.6 is 0 Å². The Morgan fingerprint density at radius 2 is 1.53 bits per heavy atom. The van der Waals surface area contributed by atoms with Gasteiger partial charge in [-0.15, -0.1) is 12.8 Å². The molecule has 2 bridgehead atoms. The van der Waals surface area contributed by atoms with Crippen LogP contribution in [0.25, 0.3) is 10.8 Å². The minimum Gasteiger partial charge on any atom is -0.507 e. The van der Waals surface area contributed by atoms with Gasteiger partial charge in [0.05, 0.1) is 29.5 Å². The first kappa shape index (κ1) is 49.4. The summed E-state index contributed by atoms with van der Waals surface area (Å²) in [6.07, 6.45) is 15.2. The number of hydrogen-bond donors (Lipinski definition) is 5. The number of ketones is 1. The van der Waals surface area contributed by atoms with E-state index >= 15 is 0 Å². The van der Waals surface area contributed by atoms with Crippen LogP contribution in [0, 0.1) is 43.4 Å². The molecule has 0 spiro atoms. The number of aliphatic hydroxyl groups excluding tert-OH is 2. The highest BCUT2D eigenvalue weighted by Gasteiger charge is 2.35. The number of aromatic hydroxyl groups is 2. The number of terminal acetylenes is 1.